The average molecular weight is 544 g/mol. The van der Waals surface area contributed by atoms with E-state index >= 15 is 0 Å². The van der Waals surface area contributed by atoms with Gasteiger partial charge in [0.25, 0.3) is 0 Å². The average Bonchev–Trinajstić information content (AvgIpc) is 3.18. The summed E-state index contributed by atoms with van der Waals surface area (Å²) in [5, 5.41) is 5.09. The number of benzene rings is 2. The van der Waals surface area contributed by atoms with E-state index in [1.165, 1.54) is 6.07 Å². The molecule has 0 aliphatic carbocycles. The second kappa shape index (κ2) is 10.6. The maximum atomic E-state index is 13.4. The van der Waals surface area contributed by atoms with Gasteiger partial charge in [0, 0.05) is 54.9 Å². The van der Waals surface area contributed by atoms with Crippen LogP contribution in [0.5, 0.6) is 0 Å². The van der Waals surface area contributed by atoms with E-state index in [1.807, 2.05) is 30.4 Å². The smallest absolute Gasteiger partial charge is 0.326 e. The molecule has 1 amide bonds. The molecule has 36 heavy (non-hydrogen) atoms. The van der Waals surface area contributed by atoms with E-state index < -0.39 is 5.82 Å². The van der Waals surface area contributed by atoms with E-state index in [1.54, 1.807) is 35.0 Å². The highest BCUT2D eigenvalue weighted by molar-refractivity contribution is 6.31. The van der Waals surface area contributed by atoms with Crippen LogP contribution in [0.1, 0.15) is 22.4 Å². The Kier molecular flexibility index (Phi) is 7.30. The fourth-order valence-electron chi connectivity index (χ4n) is 4.54. The summed E-state index contributed by atoms with van der Waals surface area (Å²) in [4.78, 5) is 19.6. The molecular formula is C27H22Cl3FN4O. The van der Waals surface area contributed by atoms with E-state index in [0.29, 0.717) is 36.2 Å². The SMILES string of the molecule is O=C(NCc1ccnc(Cl)c1)n1c2c(c3cc(Cl)ccc31)CN(C/C=C/c1ccc(F)c(Cl)c1)CC2. The van der Waals surface area contributed by atoms with Gasteiger partial charge in [-0.1, -0.05) is 53.0 Å². The van der Waals surface area contributed by atoms with Gasteiger partial charge in [0.05, 0.1) is 10.5 Å². The van der Waals surface area contributed by atoms with Crippen LogP contribution in [0.15, 0.2) is 60.8 Å². The number of fused-ring (bicyclic) bond motifs is 3. The molecule has 2 aromatic heterocycles. The minimum Gasteiger partial charge on any atom is -0.333 e. The topological polar surface area (TPSA) is 50.2 Å². The number of hydrogen-bond acceptors (Lipinski definition) is 3. The minimum atomic E-state index is -0.430. The van der Waals surface area contributed by atoms with Gasteiger partial charge < -0.3 is 5.32 Å². The van der Waals surface area contributed by atoms with Crippen molar-refractivity contribution in [2.45, 2.75) is 19.5 Å². The molecule has 184 valence electrons. The number of nitrogens with zero attached hydrogens (tertiary/aromatic N) is 3. The van der Waals surface area contributed by atoms with Gasteiger partial charge in [-0.25, -0.2) is 14.2 Å². The standard InChI is InChI=1S/C27H22Cl3FN4O/c28-19-4-6-24-20(14-19)21-16-34(10-1-2-17-3-5-23(31)22(29)12-17)11-8-25(21)35(24)27(36)33-15-18-7-9-32-26(30)13-18/h1-7,9,12-14H,8,10-11,15-16H2,(H,33,36)/b2-1+. The van der Waals surface area contributed by atoms with Gasteiger partial charge in [0.1, 0.15) is 11.0 Å². The Hall–Kier alpha value is -2.90. The van der Waals surface area contributed by atoms with Crippen molar-refractivity contribution in [1.29, 1.82) is 0 Å². The number of hydrogen-bond donors (Lipinski definition) is 1. The maximum Gasteiger partial charge on any atom is 0.326 e. The van der Waals surface area contributed by atoms with Crippen LogP contribution < -0.4 is 5.32 Å². The number of halogens is 4. The first kappa shape index (κ1) is 24.8. The van der Waals surface area contributed by atoms with E-state index in [0.717, 1.165) is 39.8 Å². The monoisotopic (exact) mass is 542 g/mol. The molecule has 0 saturated heterocycles. The van der Waals surface area contributed by atoms with Crippen LogP contribution in [0.25, 0.3) is 17.0 Å². The van der Waals surface area contributed by atoms with Gasteiger partial charge in [-0.15, -0.1) is 0 Å². The predicted molar refractivity (Wildman–Crippen MR) is 143 cm³/mol. The van der Waals surface area contributed by atoms with Gasteiger partial charge in [0.15, 0.2) is 0 Å². The lowest BCUT2D eigenvalue weighted by Gasteiger charge is -2.27. The lowest BCUT2D eigenvalue weighted by atomic mass is 10.0. The minimum absolute atomic E-state index is 0.106. The van der Waals surface area contributed by atoms with Crippen LogP contribution in [-0.2, 0) is 19.5 Å². The zero-order valence-corrected chi connectivity index (χ0v) is 21.4. The molecule has 4 aromatic rings. The first-order valence-corrected chi connectivity index (χ1v) is 12.6. The summed E-state index contributed by atoms with van der Waals surface area (Å²) < 4.78 is 15.2. The van der Waals surface area contributed by atoms with Crippen molar-refractivity contribution < 1.29 is 9.18 Å². The molecule has 2 aromatic carbocycles. The van der Waals surface area contributed by atoms with Crippen molar-refractivity contribution in [2.24, 2.45) is 0 Å². The molecule has 0 atom stereocenters. The Bertz CT molecular complexity index is 1480. The van der Waals surface area contributed by atoms with Gasteiger partial charge in [-0.2, -0.15) is 0 Å². The lowest BCUT2D eigenvalue weighted by molar-refractivity contribution is 0.240. The fraction of sp³-hybridized carbons (Fsp3) is 0.185. The number of carbonyl (C=O) groups is 1. The Morgan fingerprint density at radius 3 is 2.78 bits per heavy atom. The van der Waals surface area contributed by atoms with E-state index in [-0.39, 0.29) is 11.1 Å². The van der Waals surface area contributed by atoms with E-state index in [4.69, 9.17) is 34.8 Å². The number of nitrogens with one attached hydrogen (secondary N) is 1. The van der Waals surface area contributed by atoms with Crippen LogP contribution in [0.3, 0.4) is 0 Å². The molecule has 3 heterocycles. The summed E-state index contributed by atoms with van der Waals surface area (Å²) in [6.07, 6.45) is 6.30. The zero-order valence-electron chi connectivity index (χ0n) is 19.1. The highest BCUT2D eigenvalue weighted by atomic mass is 35.5. The van der Waals surface area contributed by atoms with Gasteiger partial charge >= 0.3 is 6.03 Å². The Morgan fingerprint density at radius 2 is 1.97 bits per heavy atom. The highest BCUT2D eigenvalue weighted by Gasteiger charge is 2.26. The Morgan fingerprint density at radius 1 is 1.11 bits per heavy atom. The third-order valence-electron chi connectivity index (χ3n) is 6.24. The molecular weight excluding hydrogens is 522 g/mol. The predicted octanol–water partition coefficient (Wildman–Crippen LogP) is 6.97. The van der Waals surface area contributed by atoms with Crippen molar-refractivity contribution in [3.63, 3.8) is 0 Å². The molecule has 0 radical (unpaired) electrons. The molecule has 5 nitrogen and oxygen atoms in total. The van der Waals surface area contributed by atoms with Crippen LogP contribution in [0.4, 0.5) is 9.18 Å². The van der Waals surface area contributed by atoms with Gasteiger partial charge in [0.2, 0.25) is 0 Å². The van der Waals surface area contributed by atoms with E-state index in [2.05, 4.69) is 15.2 Å². The number of carbonyl (C=O) groups excluding carboxylic acids is 1. The quantitative estimate of drug-likeness (QED) is 0.277. The summed E-state index contributed by atoms with van der Waals surface area (Å²) in [6, 6.07) is 13.6. The molecule has 0 unspecified atom stereocenters. The number of amides is 1. The molecule has 5 rings (SSSR count). The lowest BCUT2D eigenvalue weighted by Crippen LogP contribution is -2.34. The molecule has 0 saturated carbocycles. The Labute approximate surface area is 223 Å². The third kappa shape index (κ3) is 5.27. The molecule has 0 spiro atoms. The number of aromatic nitrogens is 2. The first-order chi connectivity index (χ1) is 17.4. The Balaban J connectivity index is 1.36. The zero-order chi connectivity index (χ0) is 25.2. The van der Waals surface area contributed by atoms with Crippen molar-refractivity contribution >= 4 is 57.8 Å². The van der Waals surface area contributed by atoms with Crippen molar-refractivity contribution in [2.75, 3.05) is 13.1 Å². The second-order valence-corrected chi connectivity index (χ2v) is 9.86. The van der Waals surface area contributed by atoms with Crippen molar-refractivity contribution in [3.05, 3.63) is 104 Å². The number of pyridine rings is 1. The molecule has 0 fully saturated rings. The first-order valence-electron chi connectivity index (χ1n) is 11.4. The van der Waals surface area contributed by atoms with Gasteiger partial charge in [-0.05, 0) is 59.2 Å². The molecule has 0 bridgehead atoms. The van der Waals surface area contributed by atoms with E-state index in [9.17, 15) is 9.18 Å². The third-order valence-corrected chi connectivity index (χ3v) is 6.98. The molecule has 1 aliphatic heterocycles. The maximum absolute atomic E-state index is 13.4. The summed E-state index contributed by atoms with van der Waals surface area (Å²) in [6.45, 7) is 2.52. The van der Waals surface area contributed by atoms with Crippen LogP contribution in [0, 0.1) is 5.82 Å². The summed E-state index contributed by atoms with van der Waals surface area (Å²) >= 11 is 18.2. The van der Waals surface area contributed by atoms with Crippen molar-refractivity contribution in [3.8, 4) is 0 Å². The molecule has 1 aliphatic rings. The largest absolute Gasteiger partial charge is 0.333 e. The number of rotatable bonds is 5. The van der Waals surface area contributed by atoms with Crippen LogP contribution in [0.2, 0.25) is 15.2 Å². The van der Waals surface area contributed by atoms with Gasteiger partial charge in [-0.3, -0.25) is 9.47 Å². The molecule has 1 N–H and O–H groups in total. The fourth-order valence-corrected chi connectivity index (χ4v) is 5.10. The summed E-state index contributed by atoms with van der Waals surface area (Å²) in [5.74, 6) is -0.430. The normalized spacial score (nSPS) is 13.9. The highest BCUT2D eigenvalue weighted by Crippen LogP contribution is 2.33. The summed E-state index contributed by atoms with van der Waals surface area (Å²) in [7, 11) is 0. The summed E-state index contributed by atoms with van der Waals surface area (Å²) in [5.41, 5.74) is 4.63. The van der Waals surface area contributed by atoms with Crippen LogP contribution >= 0.6 is 34.8 Å². The van der Waals surface area contributed by atoms with Crippen LogP contribution in [-0.4, -0.2) is 33.6 Å². The second-order valence-electron chi connectivity index (χ2n) is 8.63. The van der Waals surface area contributed by atoms with Crippen molar-refractivity contribution in [1.82, 2.24) is 19.8 Å². The molecule has 9 heteroatoms.